The number of esters is 2. The van der Waals surface area contributed by atoms with Crippen molar-refractivity contribution in [1.82, 2.24) is 0 Å². The topological polar surface area (TPSA) is 55.8 Å². The summed E-state index contributed by atoms with van der Waals surface area (Å²) < 4.78 is 10.4. The van der Waals surface area contributed by atoms with Gasteiger partial charge in [0.05, 0.1) is 23.8 Å². The number of anilines is 1. The molecule has 5 nitrogen and oxygen atoms in total. The van der Waals surface area contributed by atoms with Gasteiger partial charge in [0.15, 0.2) is 0 Å². The van der Waals surface area contributed by atoms with E-state index in [4.69, 9.17) is 9.47 Å². The standard InChI is InChI=1S/C27H25NO4/c1-16-20-15-21(17-9-7-6-8-10-17)28(18-11-13-19(31-5)14-12-18)27(20,4)26(2,3)23-22(16)24(29)32-25(23)30/h6-15H,1-5H3. The molecular formula is C27H25NO4. The van der Waals surface area contributed by atoms with E-state index in [1.54, 1.807) is 7.11 Å². The van der Waals surface area contributed by atoms with Crippen molar-refractivity contribution in [2.45, 2.75) is 33.2 Å². The van der Waals surface area contributed by atoms with Gasteiger partial charge in [-0.3, -0.25) is 0 Å². The maximum atomic E-state index is 12.8. The fourth-order valence-corrected chi connectivity index (χ4v) is 5.42. The summed E-state index contributed by atoms with van der Waals surface area (Å²) in [4.78, 5) is 27.7. The third-order valence-corrected chi connectivity index (χ3v) is 7.36. The number of carbonyl (C=O) groups is 2. The quantitative estimate of drug-likeness (QED) is 0.507. The first-order valence-electron chi connectivity index (χ1n) is 10.7. The van der Waals surface area contributed by atoms with Gasteiger partial charge in [-0.25, -0.2) is 9.59 Å². The number of benzene rings is 2. The molecule has 1 aliphatic carbocycles. The zero-order valence-electron chi connectivity index (χ0n) is 18.9. The highest BCUT2D eigenvalue weighted by atomic mass is 16.6. The van der Waals surface area contributed by atoms with Crippen LogP contribution in [0.2, 0.25) is 0 Å². The van der Waals surface area contributed by atoms with Gasteiger partial charge < -0.3 is 14.4 Å². The molecule has 0 spiro atoms. The van der Waals surface area contributed by atoms with E-state index in [0.29, 0.717) is 11.1 Å². The minimum atomic E-state index is -0.701. The summed E-state index contributed by atoms with van der Waals surface area (Å²) in [6, 6.07) is 18.1. The molecule has 5 heteroatoms. The molecule has 0 radical (unpaired) electrons. The van der Waals surface area contributed by atoms with E-state index in [1.807, 2.05) is 63.2 Å². The lowest BCUT2D eigenvalue weighted by Crippen LogP contribution is -2.57. The molecule has 1 unspecified atom stereocenters. The minimum absolute atomic E-state index is 0.410. The molecule has 5 rings (SSSR count). The van der Waals surface area contributed by atoms with E-state index < -0.39 is 22.9 Å². The second kappa shape index (κ2) is 6.70. The first-order valence-corrected chi connectivity index (χ1v) is 10.7. The number of hydrogen-bond donors (Lipinski definition) is 0. The summed E-state index contributed by atoms with van der Waals surface area (Å²) in [6.07, 6.45) is 2.15. The monoisotopic (exact) mass is 427 g/mol. The zero-order chi connectivity index (χ0) is 22.8. The van der Waals surface area contributed by atoms with Gasteiger partial charge in [0.1, 0.15) is 5.75 Å². The van der Waals surface area contributed by atoms with Crippen LogP contribution in [0.25, 0.3) is 5.70 Å². The van der Waals surface area contributed by atoms with Gasteiger partial charge in [-0.2, -0.15) is 0 Å². The number of rotatable bonds is 3. The predicted octanol–water partition coefficient (Wildman–Crippen LogP) is 5.05. The fraction of sp³-hybridized carbons (Fsp3) is 0.259. The second-order valence-electron chi connectivity index (χ2n) is 9.09. The highest BCUT2D eigenvalue weighted by molar-refractivity contribution is 6.17. The minimum Gasteiger partial charge on any atom is -0.497 e. The summed E-state index contributed by atoms with van der Waals surface area (Å²) in [5.41, 5.74) is 4.39. The van der Waals surface area contributed by atoms with Crippen molar-refractivity contribution in [2.75, 3.05) is 12.0 Å². The van der Waals surface area contributed by atoms with Crippen molar-refractivity contribution >= 4 is 23.3 Å². The Morgan fingerprint density at radius 3 is 2.19 bits per heavy atom. The lowest BCUT2D eigenvalue weighted by atomic mass is 9.59. The Morgan fingerprint density at radius 1 is 0.906 bits per heavy atom. The van der Waals surface area contributed by atoms with E-state index in [-0.39, 0.29) is 0 Å². The van der Waals surface area contributed by atoms with E-state index in [2.05, 4.69) is 30.0 Å². The first kappa shape index (κ1) is 20.3. The van der Waals surface area contributed by atoms with Gasteiger partial charge in [-0.05, 0) is 60.9 Å². The van der Waals surface area contributed by atoms with Gasteiger partial charge >= 0.3 is 11.9 Å². The lowest BCUT2D eigenvalue weighted by Gasteiger charge is -2.52. The van der Waals surface area contributed by atoms with Crippen molar-refractivity contribution in [1.29, 1.82) is 0 Å². The fourth-order valence-electron chi connectivity index (χ4n) is 5.42. The molecule has 0 fully saturated rings. The van der Waals surface area contributed by atoms with Crippen molar-refractivity contribution in [3.63, 3.8) is 0 Å². The highest BCUT2D eigenvalue weighted by Crippen LogP contribution is 2.60. The number of hydrogen-bond acceptors (Lipinski definition) is 5. The Morgan fingerprint density at radius 2 is 1.56 bits per heavy atom. The largest absolute Gasteiger partial charge is 0.497 e. The maximum absolute atomic E-state index is 12.8. The van der Waals surface area contributed by atoms with Crippen LogP contribution in [0, 0.1) is 5.41 Å². The second-order valence-corrected chi connectivity index (χ2v) is 9.09. The first-order chi connectivity index (χ1) is 15.2. The van der Waals surface area contributed by atoms with Gasteiger partial charge in [-0.15, -0.1) is 0 Å². The summed E-state index contributed by atoms with van der Waals surface area (Å²) in [5, 5.41) is 0. The van der Waals surface area contributed by atoms with Crippen molar-refractivity contribution in [3.8, 4) is 5.75 Å². The van der Waals surface area contributed by atoms with Gasteiger partial charge in [0.2, 0.25) is 0 Å². The van der Waals surface area contributed by atoms with Crippen LogP contribution in [0.3, 0.4) is 0 Å². The third kappa shape index (κ3) is 2.45. The van der Waals surface area contributed by atoms with Crippen LogP contribution >= 0.6 is 0 Å². The summed E-state index contributed by atoms with van der Waals surface area (Å²) >= 11 is 0. The van der Waals surface area contributed by atoms with E-state index in [9.17, 15) is 9.59 Å². The van der Waals surface area contributed by atoms with Gasteiger partial charge in [0.25, 0.3) is 0 Å². The smallest absolute Gasteiger partial charge is 0.346 e. The molecule has 0 saturated carbocycles. The predicted molar refractivity (Wildman–Crippen MR) is 123 cm³/mol. The van der Waals surface area contributed by atoms with Gasteiger partial charge in [0, 0.05) is 16.8 Å². The molecular weight excluding hydrogens is 402 g/mol. The average Bonchev–Trinajstić information content (AvgIpc) is 3.28. The van der Waals surface area contributed by atoms with Crippen LogP contribution in [0.4, 0.5) is 5.69 Å². The summed E-state index contributed by atoms with van der Waals surface area (Å²) in [6.45, 7) is 8.09. The molecule has 0 amide bonds. The number of fused-ring (bicyclic) bond motifs is 1. The number of carbonyl (C=O) groups excluding carboxylic acids is 2. The molecule has 3 aliphatic rings. The number of methoxy groups -OCH3 is 1. The molecule has 2 aliphatic heterocycles. The summed E-state index contributed by atoms with van der Waals surface area (Å²) in [5.74, 6) is -0.326. The molecule has 2 heterocycles. The van der Waals surface area contributed by atoms with Crippen LogP contribution < -0.4 is 9.64 Å². The molecule has 0 bridgehead atoms. The number of cyclic esters (lactones) is 2. The normalized spacial score (nSPS) is 23.8. The van der Waals surface area contributed by atoms with Crippen LogP contribution in [-0.4, -0.2) is 24.6 Å². The van der Waals surface area contributed by atoms with E-state index >= 15 is 0 Å². The Hall–Kier alpha value is -3.60. The molecule has 0 N–H and O–H groups in total. The Kier molecular flexibility index (Phi) is 4.25. The molecule has 0 aromatic heterocycles. The molecule has 162 valence electrons. The van der Waals surface area contributed by atoms with Crippen LogP contribution in [-0.2, 0) is 14.3 Å². The molecule has 32 heavy (non-hydrogen) atoms. The van der Waals surface area contributed by atoms with Gasteiger partial charge in [-0.1, -0.05) is 44.2 Å². The van der Waals surface area contributed by atoms with E-state index in [1.165, 1.54) is 0 Å². The van der Waals surface area contributed by atoms with E-state index in [0.717, 1.165) is 33.8 Å². The molecule has 2 aromatic rings. The molecule has 2 aromatic carbocycles. The average molecular weight is 428 g/mol. The van der Waals surface area contributed by atoms with Crippen molar-refractivity contribution in [3.05, 3.63) is 88.5 Å². The maximum Gasteiger partial charge on any atom is 0.346 e. The van der Waals surface area contributed by atoms with Crippen molar-refractivity contribution in [2.24, 2.45) is 5.41 Å². The number of ether oxygens (including phenoxy) is 2. The van der Waals surface area contributed by atoms with Crippen LogP contribution in [0.1, 0.15) is 33.3 Å². The number of nitrogens with zero attached hydrogens (tertiary/aromatic N) is 1. The lowest BCUT2D eigenvalue weighted by molar-refractivity contribution is -0.151. The van der Waals surface area contributed by atoms with Crippen molar-refractivity contribution < 1.29 is 19.1 Å². The zero-order valence-corrected chi connectivity index (χ0v) is 18.9. The van der Waals surface area contributed by atoms with Crippen LogP contribution in [0.15, 0.2) is 83.0 Å². The highest BCUT2D eigenvalue weighted by Gasteiger charge is 2.61. The Bertz CT molecular complexity index is 1250. The Balaban J connectivity index is 1.81. The summed E-state index contributed by atoms with van der Waals surface area (Å²) in [7, 11) is 1.65. The van der Waals surface area contributed by atoms with Crippen LogP contribution in [0.5, 0.6) is 5.75 Å². The molecule has 0 saturated heterocycles. The Labute approximate surface area is 187 Å². The molecule has 1 atom stereocenters. The third-order valence-electron chi connectivity index (χ3n) is 7.36. The SMILES string of the molecule is COc1ccc(N2C(c3ccccc3)=CC3=C(C)C4=C(C(=O)OC4=O)C(C)(C)C32C)cc1.